The zero-order valence-electron chi connectivity index (χ0n) is 10.4. The molecule has 0 aliphatic heterocycles. The fraction of sp³-hybridized carbons (Fsp3) is 0.545. The molecule has 0 unspecified atom stereocenters. The van der Waals surface area contributed by atoms with E-state index in [4.69, 9.17) is 4.65 Å². The molecule has 1 heterocycles. The van der Waals surface area contributed by atoms with Gasteiger partial charge in [0.1, 0.15) is 4.60 Å². The summed E-state index contributed by atoms with van der Waals surface area (Å²) in [6, 6.07) is 3.42. The van der Waals surface area contributed by atoms with Gasteiger partial charge in [0.15, 0.2) is 0 Å². The molecule has 0 aliphatic carbocycles. The highest BCUT2D eigenvalue weighted by molar-refractivity contribution is 9.10. The number of rotatable bonds is 4. The largest absolute Gasteiger partial charge is 0.494 e. The van der Waals surface area contributed by atoms with Gasteiger partial charge in [0.05, 0.1) is 11.2 Å². The van der Waals surface area contributed by atoms with Crippen molar-refractivity contribution in [3.8, 4) is 0 Å². The summed E-state index contributed by atoms with van der Waals surface area (Å²) in [6.07, 6.45) is 1.61. The molecule has 1 aromatic heterocycles. The minimum atomic E-state index is -1.14. The zero-order valence-corrected chi connectivity index (χ0v) is 12.0. The van der Waals surface area contributed by atoms with Crippen LogP contribution >= 0.6 is 15.9 Å². The first-order valence-electron chi connectivity index (χ1n) is 5.34. The standard InChI is InChI=1S/C11H17BBrNO3/c1-10(2,15)11(3,4)17-12(16)8-6-5-7-14-9(8)13/h5-7,15-16H,1-4H3. The third-order valence-electron chi connectivity index (χ3n) is 2.93. The van der Waals surface area contributed by atoms with Gasteiger partial charge in [0, 0.05) is 11.7 Å². The average Bonchev–Trinajstić information content (AvgIpc) is 2.15. The van der Waals surface area contributed by atoms with Crippen molar-refractivity contribution in [1.29, 1.82) is 0 Å². The predicted octanol–water partition coefficient (Wildman–Crippen LogP) is 1.10. The Balaban J connectivity index is 2.87. The first kappa shape index (κ1) is 14.6. The van der Waals surface area contributed by atoms with E-state index >= 15 is 0 Å². The monoisotopic (exact) mass is 301 g/mol. The number of aliphatic hydroxyl groups is 1. The first-order chi connectivity index (χ1) is 7.65. The Morgan fingerprint density at radius 3 is 2.41 bits per heavy atom. The van der Waals surface area contributed by atoms with Crippen molar-refractivity contribution in [3.63, 3.8) is 0 Å². The van der Waals surface area contributed by atoms with Gasteiger partial charge in [0.2, 0.25) is 0 Å². The van der Waals surface area contributed by atoms with Gasteiger partial charge in [-0.1, -0.05) is 6.07 Å². The normalized spacial score (nSPS) is 12.6. The number of nitrogens with zero attached hydrogens (tertiary/aromatic N) is 1. The maximum Gasteiger partial charge on any atom is 0.494 e. The SMILES string of the molecule is CC(C)(O)C(C)(C)OB(O)c1cccnc1Br. The van der Waals surface area contributed by atoms with E-state index in [1.54, 1.807) is 46.0 Å². The van der Waals surface area contributed by atoms with Crippen LogP contribution in [0.5, 0.6) is 0 Å². The van der Waals surface area contributed by atoms with Crippen molar-refractivity contribution in [2.24, 2.45) is 0 Å². The Bertz CT molecular complexity index is 393. The van der Waals surface area contributed by atoms with Gasteiger partial charge < -0.3 is 14.8 Å². The number of pyridine rings is 1. The molecule has 6 heteroatoms. The van der Waals surface area contributed by atoms with E-state index < -0.39 is 18.3 Å². The second-order valence-electron chi connectivity index (χ2n) is 4.92. The minimum Gasteiger partial charge on any atom is -0.423 e. The van der Waals surface area contributed by atoms with Gasteiger partial charge in [-0.15, -0.1) is 0 Å². The van der Waals surface area contributed by atoms with Crippen LogP contribution in [0.4, 0.5) is 0 Å². The van der Waals surface area contributed by atoms with Crippen LogP contribution in [0.2, 0.25) is 0 Å². The molecule has 0 saturated carbocycles. The molecule has 1 aromatic rings. The van der Waals surface area contributed by atoms with Crippen LogP contribution in [-0.4, -0.2) is 33.4 Å². The van der Waals surface area contributed by atoms with Crippen LogP contribution in [0.25, 0.3) is 0 Å². The lowest BCUT2D eigenvalue weighted by Crippen LogP contribution is -2.53. The van der Waals surface area contributed by atoms with E-state index in [0.717, 1.165) is 0 Å². The Morgan fingerprint density at radius 1 is 1.35 bits per heavy atom. The number of aromatic nitrogens is 1. The smallest absolute Gasteiger partial charge is 0.423 e. The molecule has 0 atom stereocenters. The zero-order chi connectivity index (χ0) is 13.3. The van der Waals surface area contributed by atoms with Gasteiger partial charge in [-0.05, 0) is 49.7 Å². The quantitative estimate of drug-likeness (QED) is 0.646. The fourth-order valence-corrected chi connectivity index (χ4v) is 1.52. The topological polar surface area (TPSA) is 62.6 Å². The Hall–Kier alpha value is -0.425. The maximum atomic E-state index is 10.00. The minimum absolute atomic E-state index is 0.527. The molecule has 17 heavy (non-hydrogen) atoms. The van der Waals surface area contributed by atoms with E-state index in [1.165, 1.54) is 0 Å². The van der Waals surface area contributed by atoms with Crippen LogP contribution in [0.15, 0.2) is 22.9 Å². The summed E-state index contributed by atoms with van der Waals surface area (Å²) < 4.78 is 6.03. The highest BCUT2D eigenvalue weighted by Crippen LogP contribution is 2.25. The fourth-order valence-electron chi connectivity index (χ4n) is 1.07. The Kier molecular flexibility index (Phi) is 4.35. The molecule has 0 aromatic carbocycles. The van der Waals surface area contributed by atoms with Gasteiger partial charge in [-0.2, -0.15) is 0 Å². The van der Waals surface area contributed by atoms with Crippen LogP contribution in [-0.2, 0) is 4.65 Å². The van der Waals surface area contributed by atoms with Crippen LogP contribution in [0.3, 0.4) is 0 Å². The molecular formula is C11H17BBrNO3. The summed E-state index contributed by atoms with van der Waals surface area (Å²) in [4.78, 5) is 4.01. The van der Waals surface area contributed by atoms with E-state index in [0.29, 0.717) is 10.1 Å². The van der Waals surface area contributed by atoms with Crippen LogP contribution in [0.1, 0.15) is 27.7 Å². The third kappa shape index (κ3) is 3.52. The summed E-state index contributed by atoms with van der Waals surface area (Å²) in [7, 11) is -1.14. The first-order valence-corrected chi connectivity index (χ1v) is 6.13. The lowest BCUT2D eigenvalue weighted by Gasteiger charge is -2.38. The Morgan fingerprint density at radius 2 is 1.94 bits per heavy atom. The van der Waals surface area contributed by atoms with E-state index in [9.17, 15) is 10.1 Å². The molecule has 4 nitrogen and oxygen atoms in total. The highest BCUT2D eigenvalue weighted by atomic mass is 79.9. The molecule has 0 spiro atoms. The lowest BCUT2D eigenvalue weighted by atomic mass is 9.77. The average molecular weight is 302 g/mol. The van der Waals surface area contributed by atoms with Crippen molar-refractivity contribution in [3.05, 3.63) is 22.9 Å². The van der Waals surface area contributed by atoms with Crippen LogP contribution in [0, 0.1) is 0 Å². The number of hydrogen-bond acceptors (Lipinski definition) is 4. The van der Waals surface area contributed by atoms with Crippen molar-refractivity contribution in [2.45, 2.75) is 38.9 Å². The second-order valence-corrected chi connectivity index (χ2v) is 5.67. The van der Waals surface area contributed by atoms with Gasteiger partial charge in [-0.25, -0.2) is 4.98 Å². The molecular weight excluding hydrogens is 285 g/mol. The molecule has 0 radical (unpaired) electrons. The van der Waals surface area contributed by atoms with Crippen molar-refractivity contribution >= 4 is 28.5 Å². The van der Waals surface area contributed by atoms with E-state index in [1.807, 2.05) is 0 Å². The van der Waals surface area contributed by atoms with Crippen molar-refractivity contribution in [1.82, 2.24) is 4.98 Å². The third-order valence-corrected chi connectivity index (χ3v) is 3.60. The van der Waals surface area contributed by atoms with E-state index in [2.05, 4.69) is 20.9 Å². The van der Waals surface area contributed by atoms with E-state index in [-0.39, 0.29) is 0 Å². The second kappa shape index (κ2) is 5.06. The molecule has 0 fully saturated rings. The molecule has 0 bridgehead atoms. The van der Waals surface area contributed by atoms with Gasteiger partial charge in [0.25, 0.3) is 0 Å². The van der Waals surface area contributed by atoms with Crippen LogP contribution < -0.4 is 5.46 Å². The molecule has 0 aliphatic rings. The summed E-state index contributed by atoms with van der Waals surface area (Å²) >= 11 is 3.24. The molecule has 2 N–H and O–H groups in total. The lowest BCUT2D eigenvalue weighted by molar-refractivity contribution is -0.0982. The number of hydrogen-bond donors (Lipinski definition) is 2. The molecule has 94 valence electrons. The maximum absolute atomic E-state index is 10.00. The Labute approximate surface area is 110 Å². The highest BCUT2D eigenvalue weighted by Gasteiger charge is 2.40. The van der Waals surface area contributed by atoms with Gasteiger partial charge in [-0.3, -0.25) is 0 Å². The van der Waals surface area contributed by atoms with Crippen molar-refractivity contribution < 1.29 is 14.8 Å². The summed E-state index contributed by atoms with van der Waals surface area (Å²) in [5, 5.41) is 19.9. The predicted molar refractivity (Wildman–Crippen MR) is 71.0 cm³/mol. The number of halogens is 1. The summed E-state index contributed by atoms with van der Waals surface area (Å²) in [5.74, 6) is 0. The molecule has 1 rings (SSSR count). The molecule has 0 amide bonds. The molecule has 0 saturated heterocycles. The summed E-state index contributed by atoms with van der Waals surface area (Å²) in [5.41, 5.74) is -1.42. The van der Waals surface area contributed by atoms with Crippen molar-refractivity contribution in [2.75, 3.05) is 0 Å². The summed E-state index contributed by atoms with van der Waals surface area (Å²) in [6.45, 7) is 6.72. The van der Waals surface area contributed by atoms with Gasteiger partial charge >= 0.3 is 7.12 Å².